The SMILES string of the molecule is CCOC(=O)C1=C[C@H](OS(C)(=O)=O)[C@@H](OS(C)(=O)=O)[C@H](OS(C)(=O)=O)C1. The maximum atomic E-state index is 12.0. The highest BCUT2D eigenvalue weighted by Crippen LogP contribution is 2.30. The van der Waals surface area contributed by atoms with E-state index in [-0.39, 0.29) is 12.2 Å². The van der Waals surface area contributed by atoms with Crippen LogP contribution in [0.1, 0.15) is 13.3 Å². The predicted octanol–water partition coefficient (Wildman–Crippen LogP) is -1.09. The minimum Gasteiger partial charge on any atom is -0.463 e. The zero-order chi connectivity index (χ0) is 20.3. The van der Waals surface area contributed by atoms with Crippen LogP contribution in [0.4, 0.5) is 0 Å². The van der Waals surface area contributed by atoms with Crippen molar-refractivity contribution in [2.75, 3.05) is 25.4 Å². The molecule has 3 atom stereocenters. The Kier molecular flexibility index (Phi) is 7.34. The molecule has 0 saturated heterocycles. The highest BCUT2D eigenvalue weighted by atomic mass is 32.2. The van der Waals surface area contributed by atoms with E-state index in [2.05, 4.69) is 0 Å². The molecule has 0 aromatic heterocycles. The molecule has 1 aliphatic carbocycles. The lowest BCUT2D eigenvalue weighted by molar-refractivity contribution is -0.139. The summed E-state index contributed by atoms with van der Waals surface area (Å²) in [5, 5.41) is 0. The monoisotopic (exact) mass is 436 g/mol. The fourth-order valence-corrected chi connectivity index (χ4v) is 4.03. The Morgan fingerprint density at radius 2 is 1.46 bits per heavy atom. The standard InChI is InChI=1S/C12H20O11S3/c1-5-20-12(13)8-6-9(21-24(2,14)15)11(23-26(4,18)19)10(7-8)22-25(3,16)17/h6,9-11H,5,7H2,1-4H3/t9-,10+,11+/m0/s1. The summed E-state index contributed by atoms with van der Waals surface area (Å²) in [6.45, 7) is 1.54. The fraction of sp³-hybridized carbons (Fsp3) is 0.750. The summed E-state index contributed by atoms with van der Waals surface area (Å²) in [7, 11) is -12.4. The molecule has 0 amide bonds. The number of hydrogen-bond acceptors (Lipinski definition) is 11. The second-order valence-electron chi connectivity index (χ2n) is 5.49. The van der Waals surface area contributed by atoms with Gasteiger partial charge in [0.25, 0.3) is 30.4 Å². The summed E-state index contributed by atoms with van der Waals surface area (Å²) in [6, 6.07) is 0. The molecule has 1 rings (SSSR count). The number of carbonyl (C=O) groups is 1. The van der Waals surface area contributed by atoms with Gasteiger partial charge in [-0.3, -0.25) is 12.5 Å². The second-order valence-corrected chi connectivity index (χ2v) is 10.3. The largest absolute Gasteiger partial charge is 0.463 e. The average Bonchev–Trinajstić information content (AvgIpc) is 2.37. The van der Waals surface area contributed by atoms with Gasteiger partial charge >= 0.3 is 5.97 Å². The molecule has 0 saturated carbocycles. The first-order chi connectivity index (χ1) is 11.6. The van der Waals surface area contributed by atoms with Gasteiger partial charge in [-0.1, -0.05) is 0 Å². The van der Waals surface area contributed by atoms with E-state index in [1.54, 1.807) is 0 Å². The lowest BCUT2D eigenvalue weighted by Crippen LogP contribution is -2.48. The van der Waals surface area contributed by atoms with Gasteiger partial charge in [-0.2, -0.15) is 25.3 Å². The molecule has 0 radical (unpaired) electrons. The number of rotatable bonds is 8. The minimum absolute atomic E-state index is 0.00857. The lowest BCUT2D eigenvalue weighted by atomic mass is 9.92. The maximum absolute atomic E-state index is 12.0. The van der Waals surface area contributed by atoms with E-state index < -0.39 is 61.1 Å². The Bertz CT molecular complexity index is 867. The summed E-state index contributed by atoms with van der Waals surface area (Å²) >= 11 is 0. The molecule has 0 N–H and O–H groups in total. The van der Waals surface area contributed by atoms with Gasteiger partial charge in [0.2, 0.25) is 0 Å². The Balaban J connectivity index is 3.41. The minimum atomic E-state index is -4.14. The Labute approximate surface area is 152 Å². The third-order valence-corrected chi connectivity index (χ3v) is 4.62. The summed E-state index contributed by atoms with van der Waals surface area (Å²) in [6.07, 6.45) is -2.11. The number of esters is 1. The smallest absolute Gasteiger partial charge is 0.333 e. The van der Waals surface area contributed by atoms with E-state index in [1.807, 2.05) is 0 Å². The quantitative estimate of drug-likeness (QED) is 0.336. The molecule has 26 heavy (non-hydrogen) atoms. The van der Waals surface area contributed by atoms with Crippen LogP contribution in [0.2, 0.25) is 0 Å². The van der Waals surface area contributed by atoms with Crippen LogP contribution >= 0.6 is 0 Å². The summed E-state index contributed by atoms with van der Waals surface area (Å²) in [4.78, 5) is 12.0. The van der Waals surface area contributed by atoms with Crippen molar-refractivity contribution in [1.29, 1.82) is 0 Å². The van der Waals surface area contributed by atoms with Crippen LogP contribution in [0.15, 0.2) is 11.6 Å². The topological polar surface area (TPSA) is 156 Å². The summed E-state index contributed by atoms with van der Waals surface area (Å²) in [5.74, 6) is -0.852. The average molecular weight is 436 g/mol. The predicted molar refractivity (Wildman–Crippen MR) is 88.5 cm³/mol. The van der Waals surface area contributed by atoms with Crippen molar-refractivity contribution in [3.8, 4) is 0 Å². The van der Waals surface area contributed by atoms with Gasteiger partial charge in [0.05, 0.1) is 25.4 Å². The van der Waals surface area contributed by atoms with E-state index in [0.29, 0.717) is 18.8 Å². The van der Waals surface area contributed by atoms with E-state index in [0.717, 1.165) is 6.08 Å². The highest BCUT2D eigenvalue weighted by molar-refractivity contribution is 7.86. The van der Waals surface area contributed by atoms with Crippen molar-refractivity contribution in [3.05, 3.63) is 11.6 Å². The van der Waals surface area contributed by atoms with Crippen molar-refractivity contribution in [3.63, 3.8) is 0 Å². The fourth-order valence-electron chi connectivity index (χ4n) is 2.20. The molecular formula is C12H20O11S3. The van der Waals surface area contributed by atoms with E-state index in [1.165, 1.54) is 6.92 Å². The third kappa shape index (κ3) is 8.09. The molecule has 0 fully saturated rings. The van der Waals surface area contributed by atoms with Crippen molar-refractivity contribution in [2.24, 2.45) is 0 Å². The van der Waals surface area contributed by atoms with Crippen molar-refractivity contribution in [1.82, 2.24) is 0 Å². The van der Waals surface area contributed by atoms with Gasteiger partial charge in [-0.15, -0.1) is 0 Å². The Morgan fingerprint density at radius 1 is 0.962 bits per heavy atom. The normalized spacial score (nSPS) is 24.8. The van der Waals surface area contributed by atoms with Crippen LogP contribution in [-0.4, -0.2) is 74.9 Å². The molecule has 0 spiro atoms. The molecule has 0 heterocycles. The summed E-state index contributed by atoms with van der Waals surface area (Å²) in [5.41, 5.74) is -0.137. The van der Waals surface area contributed by atoms with Gasteiger partial charge in [0.1, 0.15) is 18.3 Å². The molecule has 0 bridgehead atoms. The molecule has 0 unspecified atom stereocenters. The van der Waals surface area contributed by atoms with Gasteiger partial charge in [0.15, 0.2) is 0 Å². The first-order valence-electron chi connectivity index (χ1n) is 7.14. The number of ether oxygens (including phenoxy) is 1. The van der Waals surface area contributed by atoms with Crippen LogP contribution in [0.3, 0.4) is 0 Å². The van der Waals surface area contributed by atoms with Crippen molar-refractivity contribution < 1.29 is 47.3 Å². The molecule has 0 aromatic carbocycles. The number of carbonyl (C=O) groups excluding carboxylic acids is 1. The second kappa shape index (κ2) is 8.31. The van der Waals surface area contributed by atoms with Gasteiger partial charge in [0, 0.05) is 12.0 Å². The maximum Gasteiger partial charge on any atom is 0.333 e. The van der Waals surface area contributed by atoms with E-state index >= 15 is 0 Å². The molecule has 11 nitrogen and oxygen atoms in total. The molecule has 0 aromatic rings. The first kappa shape index (κ1) is 23.0. The molecule has 1 aliphatic rings. The Hall–Kier alpha value is -1.06. The van der Waals surface area contributed by atoms with Gasteiger partial charge in [-0.05, 0) is 13.0 Å². The van der Waals surface area contributed by atoms with E-state index in [9.17, 15) is 30.0 Å². The first-order valence-corrected chi connectivity index (χ1v) is 12.6. The summed E-state index contributed by atoms with van der Waals surface area (Å²) < 4.78 is 88.0. The zero-order valence-corrected chi connectivity index (χ0v) is 16.9. The third-order valence-electron chi connectivity index (χ3n) is 2.88. The van der Waals surface area contributed by atoms with Gasteiger partial charge in [-0.25, -0.2) is 4.79 Å². The van der Waals surface area contributed by atoms with E-state index in [4.69, 9.17) is 17.3 Å². The van der Waals surface area contributed by atoms with Crippen LogP contribution in [0.25, 0.3) is 0 Å². The molecular weight excluding hydrogens is 416 g/mol. The van der Waals surface area contributed by atoms with Crippen LogP contribution in [0, 0.1) is 0 Å². The zero-order valence-electron chi connectivity index (χ0n) is 14.4. The molecule has 152 valence electrons. The molecule has 0 aliphatic heterocycles. The van der Waals surface area contributed by atoms with Crippen LogP contribution in [0.5, 0.6) is 0 Å². The van der Waals surface area contributed by atoms with Crippen molar-refractivity contribution in [2.45, 2.75) is 31.7 Å². The Morgan fingerprint density at radius 3 is 1.88 bits per heavy atom. The number of hydrogen-bond donors (Lipinski definition) is 0. The van der Waals surface area contributed by atoms with Crippen molar-refractivity contribution >= 4 is 36.3 Å². The van der Waals surface area contributed by atoms with Crippen LogP contribution < -0.4 is 0 Å². The lowest BCUT2D eigenvalue weighted by Gasteiger charge is -2.33. The molecule has 14 heteroatoms. The van der Waals surface area contributed by atoms with Gasteiger partial charge < -0.3 is 4.74 Å². The van der Waals surface area contributed by atoms with Crippen LogP contribution in [-0.2, 0) is 52.4 Å². The highest BCUT2D eigenvalue weighted by Gasteiger charge is 2.43.